The predicted octanol–water partition coefficient (Wildman–Crippen LogP) is 5.01. The molecule has 6 nitrogen and oxygen atoms in total. The molecule has 0 aromatic heterocycles. The molecule has 0 radical (unpaired) electrons. The largest absolute Gasteiger partial charge is 0.473 e. The highest BCUT2D eigenvalue weighted by Gasteiger charge is 2.28. The quantitative estimate of drug-likeness (QED) is 0.266. The van der Waals surface area contributed by atoms with Crippen molar-refractivity contribution in [3.63, 3.8) is 0 Å². The Morgan fingerprint density at radius 1 is 1.19 bits per heavy atom. The van der Waals surface area contributed by atoms with Gasteiger partial charge in [0.2, 0.25) is 0 Å². The van der Waals surface area contributed by atoms with Crippen LogP contribution in [0, 0.1) is 11.8 Å². The van der Waals surface area contributed by atoms with Gasteiger partial charge in [0.05, 0.1) is 21.7 Å². The van der Waals surface area contributed by atoms with E-state index in [-0.39, 0.29) is 27.2 Å². The van der Waals surface area contributed by atoms with E-state index in [0.717, 1.165) is 18.4 Å². The lowest BCUT2D eigenvalue weighted by Gasteiger charge is -2.15. The van der Waals surface area contributed by atoms with E-state index < -0.39 is 23.7 Å². The number of hydrogen-bond acceptors (Lipinski definition) is 5. The van der Waals surface area contributed by atoms with Crippen molar-refractivity contribution in [1.82, 2.24) is 0 Å². The highest BCUT2D eigenvalue weighted by Crippen LogP contribution is 2.40. The fraction of sp³-hybridized carbons (Fsp3) is 0.500. The number of carbonyl (C=O) groups excluding carboxylic acids is 2. The summed E-state index contributed by atoms with van der Waals surface area (Å²) in [6.07, 6.45) is 5.50. The second-order valence-electron chi connectivity index (χ2n) is 6.60. The van der Waals surface area contributed by atoms with Crippen molar-refractivity contribution in [2.24, 2.45) is 11.8 Å². The third-order valence-electron chi connectivity index (χ3n) is 4.31. The lowest BCUT2D eigenvalue weighted by atomic mass is 10.0. The first-order chi connectivity index (χ1) is 12.7. The van der Waals surface area contributed by atoms with Crippen molar-refractivity contribution in [3.05, 3.63) is 26.7 Å². The monoisotopic (exact) mass is 436 g/mol. The van der Waals surface area contributed by atoms with Gasteiger partial charge in [0.25, 0.3) is 0 Å². The van der Waals surface area contributed by atoms with Crippen molar-refractivity contribution < 1.29 is 29.0 Å². The van der Waals surface area contributed by atoms with Crippen LogP contribution in [0.2, 0.25) is 15.1 Å². The summed E-state index contributed by atoms with van der Waals surface area (Å²) in [5.74, 6) is -3.62. The summed E-state index contributed by atoms with van der Waals surface area (Å²) >= 11 is 17.9. The number of hydrogen-bond donors (Lipinski definition) is 1. The molecule has 0 bridgehead atoms. The van der Waals surface area contributed by atoms with Crippen LogP contribution in [0.25, 0.3) is 0 Å². The molecule has 1 aromatic rings. The predicted molar refractivity (Wildman–Crippen MR) is 101 cm³/mol. The number of esters is 2. The molecule has 148 valence electrons. The molecule has 1 aromatic carbocycles. The van der Waals surface area contributed by atoms with E-state index in [0.29, 0.717) is 12.3 Å². The smallest absolute Gasteiger partial charge is 0.422 e. The molecule has 1 saturated carbocycles. The van der Waals surface area contributed by atoms with Gasteiger partial charge in [-0.1, -0.05) is 67.4 Å². The molecule has 1 N–H and O–H groups in total. The number of carboxylic acids is 1. The van der Waals surface area contributed by atoms with Gasteiger partial charge in [0.15, 0.2) is 5.75 Å². The molecule has 1 unspecified atom stereocenters. The number of benzene rings is 1. The zero-order valence-corrected chi connectivity index (χ0v) is 16.9. The van der Waals surface area contributed by atoms with E-state index in [1.807, 2.05) is 0 Å². The van der Waals surface area contributed by atoms with Gasteiger partial charge in [-0.25, -0.2) is 14.4 Å². The first-order valence-corrected chi connectivity index (χ1v) is 9.63. The van der Waals surface area contributed by atoms with Gasteiger partial charge < -0.3 is 14.6 Å². The first-order valence-electron chi connectivity index (χ1n) is 8.50. The summed E-state index contributed by atoms with van der Waals surface area (Å²) in [6.45, 7) is 2.22. The van der Waals surface area contributed by atoms with E-state index in [2.05, 4.69) is 11.7 Å². The van der Waals surface area contributed by atoms with Crippen LogP contribution in [0.15, 0.2) is 6.07 Å². The molecule has 0 amide bonds. The second kappa shape index (κ2) is 9.62. The fourth-order valence-electron chi connectivity index (χ4n) is 2.49. The Balaban J connectivity index is 2.06. The van der Waals surface area contributed by atoms with Crippen molar-refractivity contribution in [2.75, 3.05) is 6.61 Å². The average Bonchev–Trinajstić information content (AvgIpc) is 3.42. The first kappa shape index (κ1) is 21.8. The second-order valence-corrected chi connectivity index (χ2v) is 7.80. The Morgan fingerprint density at radius 2 is 1.85 bits per heavy atom. The number of carbonyl (C=O) groups is 3. The van der Waals surface area contributed by atoms with Crippen LogP contribution in [0.4, 0.5) is 0 Å². The van der Waals surface area contributed by atoms with Crippen LogP contribution in [0.3, 0.4) is 0 Å². The highest BCUT2D eigenvalue weighted by molar-refractivity contribution is 6.46. The SMILES string of the molecule is CC(CCOC(=O)c1c(Cl)c(Cl)cc(Cl)c1OC(=O)C(=O)O)CCC1CC1. The zero-order valence-electron chi connectivity index (χ0n) is 14.6. The van der Waals surface area contributed by atoms with Crippen LogP contribution >= 0.6 is 34.8 Å². The zero-order chi connectivity index (χ0) is 20.1. The minimum Gasteiger partial charge on any atom is -0.473 e. The van der Waals surface area contributed by atoms with E-state index in [1.165, 1.54) is 19.3 Å². The van der Waals surface area contributed by atoms with Crippen molar-refractivity contribution in [2.45, 2.75) is 39.0 Å². The topological polar surface area (TPSA) is 89.9 Å². The number of carboxylic acid groups (broad SMARTS) is 1. The van der Waals surface area contributed by atoms with E-state index in [4.69, 9.17) is 44.6 Å². The number of ether oxygens (including phenoxy) is 2. The minimum absolute atomic E-state index is 0.0541. The van der Waals surface area contributed by atoms with Crippen LogP contribution in [-0.4, -0.2) is 29.6 Å². The van der Waals surface area contributed by atoms with Gasteiger partial charge in [-0.3, -0.25) is 0 Å². The molecule has 9 heteroatoms. The minimum atomic E-state index is -1.85. The molecule has 1 atom stereocenters. The molecular formula is C18H19Cl3O6. The Hall–Kier alpha value is -1.50. The van der Waals surface area contributed by atoms with Crippen LogP contribution < -0.4 is 4.74 Å². The van der Waals surface area contributed by atoms with Crippen molar-refractivity contribution in [3.8, 4) is 5.75 Å². The highest BCUT2D eigenvalue weighted by atomic mass is 35.5. The normalized spacial score (nSPS) is 14.5. The fourth-order valence-corrected chi connectivity index (χ4v) is 3.21. The Labute approximate surface area is 171 Å². The average molecular weight is 438 g/mol. The molecule has 0 aliphatic heterocycles. The van der Waals surface area contributed by atoms with E-state index >= 15 is 0 Å². The maximum atomic E-state index is 12.4. The molecular weight excluding hydrogens is 419 g/mol. The standard InChI is InChI=1S/C18H19Cl3O6/c1-9(2-3-10-4-5-10)6-7-26-17(24)13-14(21)11(19)8-12(20)15(13)27-18(25)16(22)23/h8-10H,2-7H2,1H3,(H,22,23). The third-order valence-corrected chi connectivity index (χ3v) is 5.38. The number of rotatable bonds is 8. The van der Waals surface area contributed by atoms with Gasteiger partial charge in [0.1, 0.15) is 5.56 Å². The summed E-state index contributed by atoms with van der Waals surface area (Å²) in [5, 5.41) is 8.17. The van der Waals surface area contributed by atoms with Gasteiger partial charge in [-0.15, -0.1) is 0 Å². The van der Waals surface area contributed by atoms with E-state index in [9.17, 15) is 14.4 Å². The maximum absolute atomic E-state index is 12.4. The molecule has 1 aliphatic carbocycles. The molecule has 0 saturated heterocycles. The summed E-state index contributed by atoms with van der Waals surface area (Å²) < 4.78 is 9.89. The van der Waals surface area contributed by atoms with Crippen LogP contribution in [0.1, 0.15) is 49.4 Å². The molecule has 27 heavy (non-hydrogen) atoms. The van der Waals surface area contributed by atoms with Crippen molar-refractivity contribution in [1.29, 1.82) is 0 Å². The van der Waals surface area contributed by atoms with Gasteiger partial charge >= 0.3 is 17.9 Å². The van der Waals surface area contributed by atoms with Crippen molar-refractivity contribution >= 4 is 52.7 Å². The maximum Gasteiger partial charge on any atom is 0.422 e. The molecule has 0 heterocycles. The molecule has 2 rings (SSSR count). The summed E-state index contributed by atoms with van der Waals surface area (Å²) in [5.41, 5.74) is -0.380. The Bertz CT molecular complexity index is 745. The summed E-state index contributed by atoms with van der Waals surface area (Å²) in [4.78, 5) is 34.5. The van der Waals surface area contributed by atoms with Gasteiger partial charge in [-0.05, 0) is 24.3 Å². The molecule has 1 aliphatic rings. The molecule has 1 fully saturated rings. The lowest BCUT2D eigenvalue weighted by Crippen LogP contribution is -2.21. The van der Waals surface area contributed by atoms with Crippen LogP contribution in [-0.2, 0) is 14.3 Å². The Kier molecular flexibility index (Phi) is 7.77. The Morgan fingerprint density at radius 3 is 2.44 bits per heavy atom. The lowest BCUT2D eigenvalue weighted by molar-refractivity contribution is -0.158. The van der Waals surface area contributed by atoms with Gasteiger partial charge in [-0.2, -0.15) is 0 Å². The van der Waals surface area contributed by atoms with Crippen LogP contribution in [0.5, 0.6) is 5.75 Å². The summed E-state index contributed by atoms with van der Waals surface area (Å²) in [6, 6.07) is 1.15. The summed E-state index contributed by atoms with van der Waals surface area (Å²) in [7, 11) is 0. The number of halogens is 3. The molecule has 0 spiro atoms. The third kappa shape index (κ3) is 6.26. The van der Waals surface area contributed by atoms with E-state index in [1.54, 1.807) is 0 Å². The number of aliphatic carboxylic acids is 1. The van der Waals surface area contributed by atoms with Gasteiger partial charge in [0, 0.05) is 0 Å².